The third-order valence-electron chi connectivity index (χ3n) is 1.64. The largest absolute Gasteiger partial charge is 0.487 e. The Morgan fingerprint density at radius 3 is 1.50 bits per heavy atom. The SMILES string of the molecule is CCC(=S)OCCCCOC(=S)CC. The lowest BCUT2D eigenvalue weighted by Crippen LogP contribution is -2.05. The van der Waals surface area contributed by atoms with E-state index < -0.39 is 0 Å². The number of unbranched alkanes of at least 4 members (excludes halogenated alkanes) is 1. The molecule has 0 aromatic rings. The Bertz CT molecular complexity index is 161. The van der Waals surface area contributed by atoms with Gasteiger partial charge in [0.2, 0.25) is 0 Å². The Kier molecular flexibility index (Phi) is 9.19. The van der Waals surface area contributed by atoms with Crippen LogP contribution < -0.4 is 0 Å². The lowest BCUT2D eigenvalue weighted by Gasteiger charge is -2.06. The van der Waals surface area contributed by atoms with Crippen molar-refractivity contribution in [3.05, 3.63) is 0 Å². The van der Waals surface area contributed by atoms with Gasteiger partial charge in [0, 0.05) is 12.8 Å². The number of ether oxygens (including phenoxy) is 2. The van der Waals surface area contributed by atoms with Gasteiger partial charge >= 0.3 is 0 Å². The Balaban J connectivity index is 3.14. The van der Waals surface area contributed by atoms with Gasteiger partial charge in [-0.3, -0.25) is 0 Å². The highest BCUT2D eigenvalue weighted by Gasteiger charge is 1.95. The molecule has 0 aliphatic rings. The van der Waals surface area contributed by atoms with Crippen LogP contribution in [0.3, 0.4) is 0 Å². The van der Waals surface area contributed by atoms with Gasteiger partial charge in [0.25, 0.3) is 0 Å². The zero-order valence-corrected chi connectivity index (χ0v) is 10.5. The summed E-state index contributed by atoms with van der Waals surface area (Å²) in [5, 5.41) is 1.38. The fourth-order valence-electron chi connectivity index (χ4n) is 0.780. The van der Waals surface area contributed by atoms with E-state index >= 15 is 0 Å². The highest BCUT2D eigenvalue weighted by atomic mass is 32.1. The van der Waals surface area contributed by atoms with Crippen LogP contribution in [0.25, 0.3) is 0 Å². The maximum absolute atomic E-state index is 5.27. The van der Waals surface area contributed by atoms with Crippen molar-refractivity contribution in [2.75, 3.05) is 13.2 Å². The minimum Gasteiger partial charge on any atom is -0.487 e. The molecule has 0 heterocycles. The first-order valence-corrected chi connectivity index (χ1v) is 5.83. The van der Waals surface area contributed by atoms with Gasteiger partial charge in [0.15, 0.2) is 10.1 Å². The van der Waals surface area contributed by atoms with Crippen LogP contribution in [0.4, 0.5) is 0 Å². The highest BCUT2D eigenvalue weighted by Crippen LogP contribution is 1.97. The van der Waals surface area contributed by atoms with Gasteiger partial charge in [0.05, 0.1) is 13.2 Å². The molecule has 0 saturated heterocycles. The van der Waals surface area contributed by atoms with Crippen LogP contribution in [-0.4, -0.2) is 23.3 Å². The van der Waals surface area contributed by atoms with Gasteiger partial charge in [-0.15, -0.1) is 0 Å². The van der Waals surface area contributed by atoms with E-state index in [-0.39, 0.29) is 0 Å². The molecular formula is C10H18O2S2. The predicted molar refractivity (Wildman–Crippen MR) is 66.9 cm³/mol. The molecule has 0 N–H and O–H groups in total. The fraction of sp³-hybridized carbons (Fsp3) is 0.800. The summed E-state index contributed by atoms with van der Waals surface area (Å²) in [6.07, 6.45) is 3.55. The first kappa shape index (κ1) is 13.8. The van der Waals surface area contributed by atoms with E-state index in [1.165, 1.54) is 0 Å². The molecule has 4 heteroatoms. The van der Waals surface area contributed by atoms with Crippen LogP contribution >= 0.6 is 24.4 Å². The zero-order chi connectivity index (χ0) is 10.8. The lowest BCUT2D eigenvalue weighted by atomic mass is 10.3. The van der Waals surface area contributed by atoms with E-state index in [4.69, 9.17) is 33.9 Å². The standard InChI is InChI=1S/C10H18O2S2/c1-3-9(13)11-7-5-6-8-12-10(14)4-2/h3-8H2,1-2H3. The summed E-state index contributed by atoms with van der Waals surface area (Å²) in [4.78, 5) is 0. The predicted octanol–water partition coefficient (Wildman–Crippen LogP) is 3.27. The van der Waals surface area contributed by atoms with Crippen molar-refractivity contribution in [3.63, 3.8) is 0 Å². The summed E-state index contributed by atoms with van der Waals surface area (Å²) in [7, 11) is 0. The van der Waals surface area contributed by atoms with Gasteiger partial charge < -0.3 is 9.47 Å². The zero-order valence-electron chi connectivity index (χ0n) is 8.88. The highest BCUT2D eigenvalue weighted by molar-refractivity contribution is 7.80. The first-order valence-electron chi connectivity index (χ1n) is 5.02. The fourth-order valence-corrected chi connectivity index (χ4v) is 0.947. The van der Waals surface area contributed by atoms with Crippen molar-refractivity contribution < 1.29 is 9.47 Å². The minimum absolute atomic E-state index is 0.689. The van der Waals surface area contributed by atoms with Crippen LogP contribution in [0.15, 0.2) is 0 Å². The molecule has 0 aliphatic carbocycles. The number of hydrogen-bond acceptors (Lipinski definition) is 4. The monoisotopic (exact) mass is 234 g/mol. The molecule has 0 aromatic carbocycles. The Labute approximate surface area is 97.0 Å². The number of rotatable bonds is 7. The average molecular weight is 234 g/mol. The van der Waals surface area contributed by atoms with E-state index in [0.717, 1.165) is 25.7 Å². The van der Waals surface area contributed by atoms with Crippen molar-refractivity contribution in [1.82, 2.24) is 0 Å². The summed E-state index contributed by atoms with van der Waals surface area (Å²) < 4.78 is 10.5. The van der Waals surface area contributed by atoms with Crippen LogP contribution in [0, 0.1) is 0 Å². The summed E-state index contributed by atoms with van der Waals surface area (Å²) in [6.45, 7) is 5.36. The molecular weight excluding hydrogens is 216 g/mol. The maximum atomic E-state index is 5.27. The molecule has 0 amide bonds. The third kappa shape index (κ3) is 8.38. The van der Waals surface area contributed by atoms with Crippen molar-refractivity contribution in [1.29, 1.82) is 0 Å². The van der Waals surface area contributed by atoms with Crippen LogP contribution in [0.1, 0.15) is 39.5 Å². The third-order valence-corrected chi connectivity index (χ3v) is 2.46. The van der Waals surface area contributed by atoms with E-state index in [0.29, 0.717) is 23.3 Å². The van der Waals surface area contributed by atoms with Crippen molar-refractivity contribution >= 4 is 34.5 Å². The number of thiocarbonyl (C=S) groups is 2. The Hall–Kier alpha value is -0.220. The molecule has 82 valence electrons. The molecule has 14 heavy (non-hydrogen) atoms. The molecule has 0 aliphatic heterocycles. The summed E-state index contributed by atoms with van der Waals surface area (Å²) in [5.41, 5.74) is 0. The van der Waals surface area contributed by atoms with E-state index in [1.807, 2.05) is 13.8 Å². The van der Waals surface area contributed by atoms with Crippen molar-refractivity contribution in [3.8, 4) is 0 Å². The molecule has 0 spiro atoms. The van der Waals surface area contributed by atoms with Gasteiger partial charge in [-0.1, -0.05) is 13.8 Å². The molecule has 0 unspecified atom stereocenters. The maximum Gasteiger partial charge on any atom is 0.159 e. The van der Waals surface area contributed by atoms with Crippen molar-refractivity contribution in [2.45, 2.75) is 39.5 Å². The molecule has 0 bridgehead atoms. The van der Waals surface area contributed by atoms with Gasteiger partial charge in [-0.05, 0) is 37.3 Å². The average Bonchev–Trinajstić information content (AvgIpc) is 2.22. The molecule has 0 fully saturated rings. The Morgan fingerprint density at radius 2 is 1.21 bits per heavy atom. The van der Waals surface area contributed by atoms with Gasteiger partial charge in [-0.25, -0.2) is 0 Å². The van der Waals surface area contributed by atoms with Crippen molar-refractivity contribution in [2.24, 2.45) is 0 Å². The molecule has 2 nitrogen and oxygen atoms in total. The topological polar surface area (TPSA) is 18.5 Å². The summed E-state index contributed by atoms with van der Waals surface area (Å²) in [5.74, 6) is 0. The van der Waals surface area contributed by atoms with Crippen LogP contribution in [-0.2, 0) is 9.47 Å². The van der Waals surface area contributed by atoms with Gasteiger partial charge in [-0.2, -0.15) is 0 Å². The van der Waals surface area contributed by atoms with E-state index in [9.17, 15) is 0 Å². The first-order chi connectivity index (χ1) is 6.70. The summed E-state index contributed by atoms with van der Waals surface area (Å²) in [6, 6.07) is 0. The quantitative estimate of drug-likeness (QED) is 0.497. The second-order valence-corrected chi connectivity index (χ2v) is 3.77. The lowest BCUT2D eigenvalue weighted by molar-refractivity contribution is 0.255. The Morgan fingerprint density at radius 1 is 0.857 bits per heavy atom. The number of hydrogen-bond donors (Lipinski definition) is 0. The molecule has 0 atom stereocenters. The van der Waals surface area contributed by atoms with Crippen LogP contribution in [0.5, 0.6) is 0 Å². The van der Waals surface area contributed by atoms with Gasteiger partial charge in [0.1, 0.15) is 0 Å². The van der Waals surface area contributed by atoms with E-state index in [1.54, 1.807) is 0 Å². The minimum atomic E-state index is 0.689. The van der Waals surface area contributed by atoms with E-state index in [2.05, 4.69) is 0 Å². The second-order valence-electron chi connectivity index (χ2n) is 2.86. The second kappa shape index (κ2) is 9.34. The smallest absolute Gasteiger partial charge is 0.159 e. The normalized spacial score (nSPS) is 9.57. The van der Waals surface area contributed by atoms with Crippen LogP contribution in [0.2, 0.25) is 0 Å². The summed E-state index contributed by atoms with van der Waals surface area (Å²) >= 11 is 9.84. The molecule has 0 radical (unpaired) electrons. The molecule has 0 rings (SSSR count). The molecule has 0 aromatic heterocycles. The molecule has 0 saturated carbocycles.